The molecule has 0 atom stereocenters. The quantitative estimate of drug-likeness (QED) is 0.704. The highest BCUT2D eigenvalue weighted by atomic mass is 35.5. The monoisotopic (exact) mass is 213 g/mol. The molecule has 3 nitrogen and oxygen atoms in total. The summed E-state index contributed by atoms with van der Waals surface area (Å²) in [7, 11) is 0. The molecule has 1 aromatic heterocycles. The van der Waals surface area contributed by atoms with Crippen LogP contribution >= 0.6 is 11.6 Å². The maximum Gasteiger partial charge on any atom is 0.147 e. The van der Waals surface area contributed by atoms with E-state index < -0.39 is 0 Å². The van der Waals surface area contributed by atoms with Gasteiger partial charge in [0.25, 0.3) is 0 Å². The molecule has 0 fully saturated rings. The lowest BCUT2D eigenvalue weighted by Crippen LogP contribution is -2.24. The van der Waals surface area contributed by atoms with Crippen LogP contribution in [0, 0.1) is 0 Å². The smallest absolute Gasteiger partial charge is 0.147 e. The zero-order chi connectivity index (χ0) is 10.4. The molecule has 4 heteroatoms. The van der Waals surface area contributed by atoms with Gasteiger partial charge in [-0.05, 0) is 13.3 Å². The Hall–Kier alpha value is -0.830. The first-order valence-electron chi connectivity index (χ1n) is 4.93. The van der Waals surface area contributed by atoms with Crippen molar-refractivity contribution < 1.29 is 0 Å². The highest BCUT2D eigenvalue weighted by Crippen LogP contribution is 2.10. The molecule has 0 aliphatic rings. The van der Waals surface area contributed by atoms with Crippen LogP contribution in [0.3, 0.4) is 0 Å². The lowest BCUT2D eigenvalue weighted by molar-refractivity contribution is 0.772. The van der Waals surface area contributed by atoms with Gasteiger partial charge in [-0.1, -0.05) is 6.92 Å². The Morgan fingerprint density at radius 3 is 2.71 bits per heavy atom. The van der Waals surface area contributed by atoms with Crippen LogP contribution in [-0.2, 0) is 5.88 Å². The minimum absolute atomic E-state index is 0.421. The van der Waals surface area contributed by atoms with Crippen LogP contribution in [0.2, 0.25) is 0 Å². The zero-order valence-electron chi connectivity index (χ0n) is 8.70. The Labute approximate surface area is 90.1 Å². The average molecular weight is 214 g/mol. The van der Waals surface area contributed by atoms with E-state index >= 15 is 0 Å². The lowest BCUT2D eigenvalue weighted by Gasteiger charge is -2.20. The van der Waals surface area contributed by atoms with Crippen LogP contribution in [-0.4, -0.2) is 23.1 Å². The predicted molar refractivity (Wildman–Crippen MR) is 59.8 cm³/mol. The molecular weight excluding hydrogens is 198 g/mol. The van der Waals surface area contributed by atoms with E-state index in [2.05, 4.69) is 28.7 Å². The van der Waals surface area contributed by atoms with Gasteiger partial charge in [-0.15, -0.1) is 11.6 Å². The van der Waals surface area contributed by atoms with Crippen LogP contribution in [0.25, 0.3) is 0 Å². The Morgan fingerprint density at radius 1 is 1.36 bits per heavy atom. The molecule has 0 aliphatic heterocycles. The first-order chi connectivity index (χ1) is 6.81. The molecule has 1 heterocycles. The maximum atomic E-state index is 5.70. The molecule has 0 bridgehead atoms. The number of alkyl halides is 1. The first kappa shape index (κ1) is 11.2. The van der Waals surface area contributed by atoms with Crippen LogP contribution in [0.4, 0.5) is 5.82 Å². The van der Waals surface area contributed by atoms with E-state index in [1.54, 1.807) is 12.4 Å². The van der Waals surface area contributed by atoms with Gasteiger partial charge in [-0.25, -0.2) is 4.98 Å². The molecule has 0 N–H and O–H groups in total. The highest BCUT2D eigenvalue weighted by molar-refractivity contribution is 6.16. The van der Waals surface area contributed by atoms with Gasteiger partial charge in [0.1, 0.15) is 5.82 Å². The largest absolute Gasteiger partial charge is 0.356 e. The molecule has 0 saturated heterocycles. The fraction of sp³-hybridized carbons (Fsp3) is 0.600. The van der Waals surface area contributed by atoms with Crippen molar-refractivity contribution in [3.05, 3.63) is 18.1 Å². The minimum Gasteiger partial charge on any atom is -0.356 e. The predicted octanol–water partition coefficient (Wildman–Crippen LogP) is 2.45. The topological polar surface area (TPSA) is 29.0 Å². The second-order valence-corrected chi connectivity index (χ2v) is 3.35. The Bertz CT molecular complexity index is 278. The van der Waals surface area contributed by atoms with E-state index in [4.69, 9.17) is 11.6 Å². The van der Waals surface area contributed by atoms with Gasteiger partial charge in [0.15, 0.2) is 0 Å². The molecule has 1 aromatic rings. The summed E-state index contributed by atoms with van der Waals surface area (Å²) >= 11 is 5.70. The summed E-state index contributed by atoms with van der Waals surface area (Å²) in [5.74, 6) is 1.34. The molecular formula is C10H16ClN3. The summed E-state index contributed by atoms with van der Waals surface area (Å²) in [6, 6.07) is 0. The number of rotatable bonds is 5. The second kappa shape index (κ2) is 5.81. The standard InChI is InChI=1S/C10H16ClN3/c1-3-5-14(4-2)10-8-12-7-9(6-11)13-10/h7-8H,3-6H2,1-2H3. The minimum atomic E-state index is 0.421. The average Bonchev–Trinajstić information content (AvgIpc) is 2.26. The zero-order valence-corrected chi connectivity index (χ0v) is 9.46. The number of hydrogen-bond acceptors (Lipinski definition) is 3. The molecule has 0 unspecified atom stereocenters. The van der Waals surface area contributed by atoms with Crippen molar-refractivity contribution in [1.82, 2.24) is 9.97 Å². The van der Waals surface area contributed by atoms with Crippen LogP contribution in [0.15, 0.2) is 12.4 Å². The number of nitrogens with zero attached hydrogens (tertiary/aromatic N) is 3. The third-order valence-corrected chi connectivity index (χ3v) is 2.28. The fourth-order valence-electron chi connectivity index (χ4n) is 1.32. The van der Waals surface area contributed by atoms with Crippen molar-refractivity contribution in [1.29, 1.82) is 0 Å². The first-order valence-corrected chi connectivity index (χ1v) is 5.47. The summed E-state index contributed by atoms with van der Waals surface area (Å²) in [5.41, 5.74) is 0.832. The summed E-state index contributed by atoms with van der Waals surface area (Å²) in [6.45, 7) is 6.23. The fourth-order valence-corrected chi connectivity index (χ4v) is 1.44. The highest BCUT2D eigenvalue weighted by Gasteiger charge is 2.05. The van der Waals surface area contributed by atoms with Gasteiger partial charge in [0.05, 0.1) is 17.8 Å². The molecule has 0 amide bonds. The number of halogens is 1. The van der Waals surface area contributed by atoms with Crippen LogP contribution in [0.1, 0.15) is 26.0 Å². The molecule has 78 valence electrons. The summed E-state index contributed by atoms with van der Waals surface area (Å²) in [4.78, 5) is 10.7. The van der Waals surface area contributed by atoms with Gasteiger partial charge >= 0.3 is 0 Å². The number of anilines is 1. The lowest BCUT2D eigenvalue weighted by atomic mass is 10.4. The molecule has 0 aliphatic carbocycles. The molecule has 0 saturated carbocycles. The van der Waals surface area contributed by atoms with E-state index in [1.165, 1.54) is 0 Å². The van der Waals surface area contributed by atoms with E-state index in [1.807, 2.05) is 0 Å². The Morgan fingerprint density at radius 2 is 2.14 bits per heavy atom. The van der Waals surface area contributed by atoms with E-state index in [9.17, 15) is 0 Å². The number of aromatic nitrogens is 2. The van der Waals surface area contributed by atoms with Crippen molar-refractivity contribution in [3.8, 4) is 0 Å². The van der Waals surface area contributed by atoms with Crippen molar-refractivity contribution >= 4 is 17.4 Å². The maximum absolute atomic E-state index is 5.70. The Kier molecular flexibility index (Phi) is 4.66. The van der Waals surface area contributed by atoms with E-state index in [-0.39, 0.29) is 0 Å². The van der Waals surface area contributed by atoms with E-state index in [0.717, 1.165) is 31.0 Å². The molecule has 0 radical (unpaired) electrons. The van der Waals surface area contributed by atoms with Gasteiger partial charge in [0, 0.05) is 19.3 Å². The number of hydrogen-bond donors (Lipinski definition) is 0. The second-order valence-electron chi connectivity index (χ2n) is 3.08. The summed E-state index contributed by atoms with van der Waals surface area (Å²) in [6.07, 6.45) is 4.60. The molecule has 0 spiro atoms. The third kappa shape index (κ3) is 2.84. The van der Waals surface area contributed by atoms with Gasteiger partial charge in [0.2, 0.25) is 0 Å². The third-order valence-electron chi connectivity index (χ3n) is 2.01. The van der Waals surface area contributed by atoms with Crippen LogP contribution < -0.4 is 4.90 Å². The molecule has 1 rings (SSSR count). The SMILES string of the molecule is CCCN(CC)c1cncc(CCl)n1. The summed E-state index contributed by atoms with van der Waals surface area (Å²) < 4.78 is 0. The Balaban J connectivity index is 2.80. The van der Waals surface area contributed by atoms with Crippen molar-refractivity contribution in [2.75, 3.05) is 18.0 Å². The van der Waals surface area contributed by atoms with E-state index in [0.29, 0.717) is 5.88 Å². The van der Waals surface area contributed by atoms with Crippen molar-refractivity contribution in [2.24, 2.45) is 0 Å². The molecule has 0 aromatic carbocycles. The van der Waals surface area contributed by atoms with Gasteiger partial charge < -0.3 is 4.90 Å². The van der Waals surface area contributed by atoms with Gasteiger partial charge in [-0.2, -0.15) is 0 Å². The van der Waals surface area contributed by atoms with Gasteiger partial charge in [-0.3, -0.25) is 4.98 Å². The van der Waals surface area contributed by atoms with Crippen molar-refractivity contribution in [3.63, 3.8) is 0 Å². The van der Waals surface area contributed by atoms with Crippen molar-refractivity contribution in [2.45, 2.75) is 26.1 Å². The normalized spacial score (nSPS) is 10.2. The molecule has 14 heavy (non-hydrogen) atoms. The van der Waals surface area contributed by atoms with Crippen LogP contribution in [0.5, 0.6) is 0 Å². The summed E-state index contributed by atoms with van der Waals surface area (Å²) in [5, 5.41) is 0.